The van der Waals surface area contributed by atoms with Crippen molar-refractivity contribution in [2.24, 2.45) is 5.92 Å². The van der Waals surface area contributed by atoms with Crippen molar-refractivity contribution in [3.8, 4) is 0 Å². The standard InChI is InChI=1S/C16H24O/c1-5-13(4)16(15(17)11-12(2)3)14-9-7-6-8-10-14/h6-10,13,15-17H,2,5,11H2,1,3-4H3. The lowest BCUT2D eigenvalue weighted by Gasteiger charge is -2.28. The van der Waals surface area contributed by atoms with E-state index >= 15 is 0 Å². The Morgan fingerprint density at radius 3 is 2.35 bits per heavy atom. The van der Waals surface area contributed by atoms with Crippen LogP contribution in [0, 0.1) is 5.92 Å². The van der Waals surface area contributed by atoms with E-state index in [0.29, 0.717) is 12.3 Å². The van der Waals surface area contributed by atoms with Crippen molar-refractivity contribution in [1.82, 2.24) is 0 Å². The van der Waals surface area contributed by atoms with E-state index in [1.807, 2.05) is 25.1 Å². The number of hydrogen-bond donors (Lipinski definition) is 1. The zero-order valence-electron chi connectivity index (χ0n) is 11.2. The highest BCUT2D eigenvalue weighted by Gasteiger charge is 2.25. The average molecular weight is 232 g/mol. The third kappa shape index (κ3) is 4.01. The Labute approximate surface area is 105 Å². The van der Waals surface area contributed by atoms with Crippen LogP contribution in [0.3, 0.4) is 0 Å². The zero-order valence-corrected chi connectivity index (χ0v) is 11.2. The maximum Gasteiger partial charge on any atom is 0.0648 e. The Balaban J connectivity index is 2.92. The minimum absolute atomic E-state index is 0.206. The van der Waals surface area contributed by atoms with Crippen molar-refractivity contribution in [3.05, 3.63) is 48.0 Å². The minimum Gasteiger partial charge on any atom is -0.392 e. The van der Waals surface area contributed by atoms with Crippen LogP contribution in [-0.2, 0) is 0 Å². The summed E-state index contributed by atoms with van der Waals surface area (Å²) in [6.45, 7) is 10.3. The van der Waals surface area contributed by atoms with Crippen molar-refractivity contribution < 1.29 is 5.11 Å². The van der Waals surface area contributed by atoms with E-state index in [9.17, 15) is 5.11 Å². The maximum absolute atomic E-state index is 10.4. The van der Waals surface area contributed by atoms with Gasteiger partial charge in [-0.05, 0) is 24.8 Å². The van der Waals surface area contributed by atoms with Crippen LogP contribution in [0.4, 0.5) is 0 Å². The fourth-order valence-electron chi connectivity index (χ4n) is 2.34. The Kier molecular flexibility index (Phi) is 5.43. The van der Waals surface area contributed by atoms with Gasteiger partial charge >= 0.3 is 0 Å². The molecule has 1 heteroatoms. The molecule has 3 atom stereocenters. The second kappa shape index (κ2) is 6.61. The van der Waals surface area contributed by atoms with Gasteiger partial charge in [0.05, 0.1) is 6.10 Å². The molecule has 17 heavy (non-hydrogen) atoms. The molecule has 0 heterocycles. The Morgan fingerprint density at radius 1 is 1.29 bits per heavy atom. The maximum atomic E-state index is 10.4. The molecular weight excluding hydrogens is 208 g/mol. The SMILES string of the molecule is C=C(C)CC(O)C(c1ccccc1)C(C)CC. The summed E-state index contributed by atoms with van der Waals surface area (Å²) in [7, 11) is 0. The molecule has 1 N–H and O–H groups in total. The molecule has 0 bridgehead atoms. The van der Waals surface area contributed by atoms with Gasteiger partial charge < -0.3 is 5.11 Å². The number of aliphatic hydroxyl groups is 1. The Hall–Kier alpha value is -1.08. The first kappa shape index (κ1) is 14.0. The van der Waals surface area contributed by atoms with E-state index in [0.717, 1.165) is 12.0 Å². The Bertz CT molecular complexity index is 342. The van der Waals surface area contributed by atoms with Gasteiger partial charge in [-0.2, -0.15) is 0 Å². The molecule has 0 spiro atoms. The third-order valence-corrected chi connectivity index (χ3v) is 3.41. The fourth-order valence-corrected chi connectivity index (χ4v) is 2.34. The molecule has 3 unspecified atom stereocenters. The largest absolute Gasteiger partial charge is 0.392 e. The van der Waals surface area contributed by atoms with Crippen LogP contribution in [-0.4, -0.2) is 11.2 Å². The van der Waals surface area contributed by atoms with Crippen LogP contribution >= 0.6 is 0 Å². The summed E-state index contributed by atoms with van der Waals surface area (Å²) >= 11 is 0. The van der Waals surface area contributed by atoms with E-state index in [1.165, 1.54) is 5.56 Å². The lowest BCUT2D eigenvalue weighted by Crippen LogP contribution is -2.24. The second-order valence-electron chi connectivity index (χ2n) is 5.05. The summed E-state index contributed by atoms with van der Waals surface area (Å²) < 4.78 is 0. The van der Waals surface area contributed by atoms with E-state index in [-0.39, 0.29) is 12.0 Å². The van der Waals surface area contributed by atoms with Gasteiger partial charge in [-0.3, -0.25) is 0 Å². The summed E-state index contributed by atoms with van der Waals surface area (Å²) in [5, 5.41) is 10.4. The quantitative estimate of drug-likeness (QED) is 0.731. The smallest absolute Gasteiger partial charge is 0.0648 e. The molecule has 0 aromatic heterocycles. The summed E-state index contributed by atoms with van der Waals surface area (Å²) in [4.78, 5) is 0. The topological polar surface area (TPSA) is 20.2 Å². The highest BCUT2D eigenvalue weighted by atomic mass is 16.3. The molecule has 1 aromatic carbocycles. The number of aliphatic hydroxyl groups excluding tert-OH is 1. The molecule has 0 aliphatic heterocycles. The fraction of sp³-hybridized carbons (Fsp3) is 0.500. The third-order valence-electron chi connectivity index (χ3n) is 3.41. The predicted octanol–water partition coefficient (Wildman–Crippen LogP) is 4.14. The van der Waals surface area contributed by atoms with Gasteiger partial charge in [0, 0.05) is 5.92 Å². The van der Waals surface area contributed by atoms with Gasteiger partial charge in [-0.1, -0.05) is 56.2 Å². The minimum atomic E-state index is -0.329. The van der Waals surface area contributed by atoms with E-state index < -0.39 is 0 Å². The Morgan fingerprint density at radius 2 is 1.88 bits per heavy atom. The van der Waals surface area contributed by atoms with Crippen molar-refractivity contribution >= 4 is 0 Å². The summed E-state index contributed by atoms with van der Waals surface area (Å²) in [6, 6.07) is 10.3. The molecule has 0 amide bonds. The van der Waals surface area contributed by atoms with Gasteiger partial charge in [-0.25, -0.2) is 0 Å². The molecule has 0 radical (unpaired) electrons. The van der Waals surface area contributed by atoms with Crippen molar-refractivity contribution in [2.45, 2.75) is 45.6 Å². The molecule has 1 rings (SSSR count). The van der Waals surface area contributed by atoms with Gasteiger partial charge in [-0.15, -0.1) is 6.58 Å². The molecule has 0 aliphatic rings. The molecule has 0 saturated heterocycles. The molecule has 1 aromatic rings. The second-order valence-corrected chi connectivity index (χ2v) is 5.05. The monoisotopic (exact) mass is 232 g/mol. The van der Waals surface area contributed by atoms with Gasteiger partial charge in [0.25, 0.3) is 0 Å². The summed E-state index contributed by atoms with van der Waals surface area (Å²) in [5.41, 5.74) is 2.28. The van der Waals surface area contributed by atoms with Crippen LogP contribution in [0.1, 0.15) is 45.1 Å². The van der Waals surface area contributed by atoms with Gasteiger partial charge in [0.15, 0.2) is 0 Å². The van der Waals surface area contributed by atoms with Crippen molar-refractivity contribution in [1.29, 1.82) is 0 Å². The van der Waals surface area contributed by atoms with E-state index in [2.05, 4.69) is 32.6 Å². The van der Waals surface area contributed by atoms with Crippen LogP contribution in [0.25, 0.3) is 0 Å². The van der Waals surface area contributed by atoms with Crippen LogP contribution in [0.2, 0.25) is 0 Å². The number of hydrogen-bond acceptors (Lipinski definition) is 1. The highest BCUT2D eigenvalue weighted by Crippen LogP contribution is 2.32. The molecule has 94 valence electrons. The zero-order chi connectivity index (χ0) is 12.8. The lowest BCUT2D eigenvalue weighted by molar-refractivity contribution is 0.117. The highest BCUT2D eigenvalue weighted by molar-refractivity contribution is 5.22. The van der Waals surface area contributed by atoms with E-state index in [4.69, 9.17) is 0 Å². The van der Waals surface area contributed by atoms with Crippen LogP contribution < -0.4 is 0 Å². The lowest BCUT2D eigenvalue weighted by atomic mass is 9.80. The summed E-state index contributed by atoms with van der Waals surface area (Å²) in [5.74, 6) is 0.685. The first-order valence-electron chi connectivity index (χ1n) is 6.43. The first-order valence-corrected chi connectivity index (χ1v) is 6.43. The normalized spacial score (nSPS) is 16.2. The molecule has 0 aliphatic carbocycles. The van der Waals surface area contributed by atoms with Crippen LogP contribution in [0.5, 0.6) is 0 Å². The van der Waals surface area contributed by atoms with Gasteiger partial charge in [0.1, 0.15) is 0 Å². The van der Waals surface area contributed by atoms with E-state index in [1.54, 1.807) is 0 Å². The number of rotatable bonds is 6. The number of benzene rings is 1. The molecule has 1 nitrogen and oxygen atoms in total. The molecular formula is C16H24O. The van der Waals surface area contributed by atoms with Crippen molar-refractivity contribution in [3.63, 3.8) is 0 Å². The predicted molar refractivity (Wildman–Crippen MR) is 74.1 cm³/mol. The molecule has 0 saturated carbocycles. The van der Waals surface area contributed by atoms with Gasteiger partial charge in [0.2, 0.25) is 0 Å². The average Bonchev–Trinajstić information content (AvgIpc) is 2.29. The van der Waals surface area contributed by atoms with Crippen molar-refractivity contribution in [2.75, 3.05) is 0 Å². The summed E-state index contributed by atoms with van der Waals surface area (Å²) in [6.07, 6.45) is 1.43. The molecule has 0 fully saturated rings. The van der Waals surface area contributed by atoms with Crippen LogP contribution in [0.15, 0.2) is 42.5 Å². The first-order chi connectivity index (χ1) is 8.06.